The number of aliphatic carboxylic acids is 1. The van der Waals surface area contributed by atoms with Crippen molar-refractivity contribution in [3.8, 4) is 0 Å². The van der Waals surface area contributed by atoms with E-state index < -0.39 is 5.97 Å². The summed E-state index contributed by atoms with van der Waals surface area (Å²) in [7, 11) is 0. The molecule has 0 radical (unpaired) electrons. The molecule has 1 N–H and O–H groups in total. The maximum atomic E-state index is 12.1. The molecule has 0 spiro atoms. The number of carbonyl (C=O) groups excluding carboxylic acids is 1. The van der Waals surface area contributed by atoms with E-state index in [4.69, 9.17) is 28.3 Å². The van der Waals surface area contributed by atoms with E-state index in [0.29, 0.717) is 22.2 Å². The van der Waals surface area contributed by atoms with Crippen LogP contribution in [0.25, 0.3) is 6.08 Å². The van der Waals surface area contributed by atoms with Crippen LogP contribution in [0.5, 0.6) is 0 Å². The molecule has 0 fully saturated rings. The Kier molecular flexibility index (Phi) is 6.72. The normalized spacial score (nSPS) is 11.1. The highest BCUT2D eigenvalue weighted by atomic mass is 35.5. The van der Waals surface area contributed by atoms with Gasteiger partial charge in [0.2, 0.25) is 5.91 Å². The number of amides is 1. The fraction of sp³-hybridized carbons (Fsp3) is 0.333. The lowest BCUT2D eigenvalue weighted by atomic mass is 10.2. The number of nitrogens with zero attached hydrogens (tertiary/aromatic N) is 1. The van der Waals surface area contributed by atoms with E-state index in [2.05, 4.69) is 0 Å². The molecule has 1 aromatic rings. The molecule has 0 heterocycles. The first-order chi connectivity index (χ1) is 9.79. The van der Waals surface area contributed by atoms with Crippen LogP contribution in [0.2, 0.25) is 10.0 Å². The molecule has 1 aromatic carbocycles. The van der Waals surface area contributed by atoms with Gasteiger partial charge in [-0.2, -0.15) is 0 Å². The number of carbonyl (C=O) groups is 2. The van der Waals surface area contributed by atoms with Crippen LogP contribution in [-0.2, 0) is 9.59 Å². The van der Waals surface area contributed by atoms with Crippen molar-refractivity contribution in [2.45, 2.75) is 13.8 Å². The third kappa shape index (κ3) is 6.19. The minimum Gasteiger partial charge on any atom is -0.480 e. The van der Waals surface area contributed by atoms with Gasteiger partial charge in [0.1, 0.15) is 6.54 Å². The van der Waals surface area contributed by atoms with Crippen molar-refractivity contribution < 1.29 is 14.7 Å². The van der Waals surface area contributed by atoms with Crippen molar-refractivity contribution in [2.75, 3.05) is 13.1 Å². The second-order valence-electron chi connectivity index (χ2n) is 5.01. The average molecular weight is 330 g/mol. The molecule has 6 heteroatoms. The molecule has 0 saturated heterocycles. The van der Waals surface area contributed by atoms with E-state index in [0.717, 1.165) is 0 Å². The number of carboxylic acid groups (broad SMARTS) is 1. The Hall–Kier alpha value is -1.52. The number of hydrogen-bond donors (Lipinski definition) is 1. The molecular weight excluding hydrogens is 313 g/mol. The maximum absolute atomic E-state index is 12.1. The van der Waals surface area contributed by atoms with E-state index in [-0.39, 0.29) is 18.4 Å². The van der Waals surface area contributed by atoms with Gasteiger partial charge in [0, 0.05) is 22.7 Å². The molecule has 0 aliphatic carbocycles. The number of hydrogen-bond acceptors (Lipinski definition) is 2. The first kappa shape index (κ1) is 17.5. The van der Waals surface area contributed by atoms with Gasteiger partial charge in [0.15, 0.2) is 0 Å². The number of carboxylic acids is 1. The monoisotopic (exact) mass is 329 g/mol. The van der Waals surface area contributed by atoms with Crippen LogP contribution < -0.4 is 0 Å². The molecule has 0 atom stereocenters. The minimum absolute atomic E-state index is 0.181. The zero-order valence-electron chi connectivity index (χ0n) is 11.8. The zero-order chi connectivity index (χ0) is 16.0. The van der Waals surface area contributed by atoms with Crippen molar-refractivity contribution in [1.29, 1.82) is 0 Å². The van der Waals surface area contributed by atoms with Crippen LogP contribution in [-0.4, -0.2) is 35.0 Å². The molecule has 0 aliphatic heterocycles. The van der Waals surface area contributed by atoms with Crippen molar-refractivity contribution in [3.05, 3.63) is 39.9 Å². The van der Waals surface area contributed by atoms with Gasteiger partial charge in [-0.05, 0) is 29.7 Å². The molecular formula is C15H17Cl2NO3. The highest BCUT2D eigenvalue weighted by Crippen LogP contribution is 2.22. The fourth-order valence-corrected chi connectivity index (χ4v) is 2.21. The maximum Gasteiger partial charge on any atom is 0.323 e. The van der Waals surface area contributed by atoms with Gasteiger partial charge >= 0.3 is 5.97 Å². The van der Waals surface area contributed by atoms with Gasteiger partial charge in [0.05, 0.1) is 0 Å². The molecule has 1 amide bonds. The number of benzene rings is 1. The summed E-state index contributed by atoms with van der Waals surface area (Å²) in [5.74, 6) is -1.22. The SMILES string of the molecule is CC(C)CN(CC(=O)O)C(=O)C=Cc1ccc(Cl)cc1Cl. The topological polar surface area (TPSA) is 57.6 Å². The molecule has 0 aromatic heterocycles. The summed E-state index contributed by atoms with van der Waals surface area (Å²) < 4.78 is 0. The lowest BCUT2D eigenvalue weighted by molar-refractivity contribution is -0.143. The van der Waals surface area contributed by atoms with Gasteiger partial charge in [-0.25, -0.2) is 0 Å². The van der Waals surface area contributed by atoms with E-state index in [1.54, 1.807) is 24.3 Å². The van der Waals surface area contributed by atoms with E-state index >= 15 is 0 Å². The highest BCUT2D eigenvalue weighted by Gasteiger charge is 2.15. The summed E-state index contributed by atoms with van der Waals surface area (Å²) >= 11 is 11.8. The molecule has 4 nitrogen and oxygen atoms in total. The van der Waals surface area contributed by atoms with Crippen molar-refractivity contribution in [1.82, 2.24) is 4.90 Å². The predicted molar refractivity (Wildman–Crippen MR) is 84.5 cm³/mol. The molecule has 21 heavy (non-hydrogen) atoms. The highest BCUT2D eigenvalue weighted by molar-refractivity contribution is 6.35. The van der Waals surface area contributed by atoms with Crippen LogP contribution in [0.1, 0.15) is 19.4 Å². The summed E-state index contributed by atoms with van der Waals surface area (Å²) in [6.45, 7) is 3.89. The predicted octanol–water partition coefficient (Wildman–Crippen LogP) is 3.58. The Morgan fingerprint density at radius 2 is 2.00 bits per heavy atom. The zero-order valence-corrected chi connectivity index (χ0v) is 13.4. The standard InChI is InChI=1S/C15H17Cl2NO3/c1-10(2)8-18(9-15(20)21)14(19)6-4-11-3-5-12(16)7-13(11)17/h3-7,10H,8-9H2,1-2H3,(H,20,21). The third-order valence-corrected chi connectivity index (χ3v) is 3.15. The van der Waals surface area contributed by atoms with Gasteiger partial charge in [-0.1, -0.05) is 43.1 Å². The quantitative estimate of drug-likeness (QED) is 0.811. The molecule has 1 rings (SSSR count). The lowest BCUT2D eigenvalue weighted by Crippen LogP contribution is -2.37. The first-order valence-corrected chi connectivity index (χ1v) is 7.19. The average Bonchev–Trinajstić information content (AvgIpc) is 2.35. The lowest BCUT2D eigenvalue weighted by Gasteiger charge is -2.21. The third-order valence-electron chi connectivity index (χ3n) is 2.59. The molecule has 0 bridgehead atoms. The van der Waals surface area contributed by atoms with Crippen LogP contribution in [0.3, 0.4) is 0 Å². The second-order valence-corrected chi connectivity index (χ2v) is 5.85. The van der Waals surface area contributed by atoms with E-state index in [1.807, 2.05) is 13.8 Å². The molecule has 0 unspecified atom stereocenters. The summed E-state index contributed by atoms with van der Waals surface area (Å²) in [5, 5.41) is 9.79. The van der Waals surface area contributed by atoms with E-state index in [9.17, 15) is 9.59 Å². The number of rotatable bonds is 6. The smallest absolute Gasteiger partial charge is 0.323 e. The Labute approximate surface area is 134 Å². The summed E-state index contributed by atoms with van der Waals surface area (Å²) in [6.07, 6.45) is 2.87. The van der Waals surface area contributed by atoms with Crippen LogP contribution in [0.4, 0.5) is 0 Å². The van der Waals surface area contributed by atoms with Crippen molar-refractivity contribution >= 4 is 41.2 Å². The van der Waals surface area contributed by atoms with Gasteiger partial charge in [-0.15, -0.1) is 0 Å². The van der Waals surface area contributed by atoms with Crippen LogP contribution >= 0.6 is 23.2 Å². The minimum atomic E-state index is -1.04. The van der Waals surface area contributed by atoms with Crippen molar-refractivity contribution in [2.24, 2.45) is 5.92 Å². The summed E-state index contributed by atoms with van der Waals surface area (Å²) in [6, 6.07) is 4.94. The van der Waals surface area contributed by atoms with E-state index in [1.165, 1.54) is 11.0 Å². The van der Waals surface area contributed by atoms with Crippen molar-refractivity contribution in [3.63, 3.8) is 0 Å². The fourth-order valence-electron chi connectivity index (χ4n) is 1.74. The van der Waals surface area contributed by atoms with Gasteiger partial charge in [-0.3, -0.25) is 9.59 Å². The molecule has 0 aliphatic rings. The first-order valence-electron chi connectivity index (χ1n) is 6.43. The molecule has 0 saturated carbocycles. The largest absolute Gasteiger partial charge is 0.480 e. The Morgan fingerprint density at radius 1 is 1.33 bits per heavy atom. The Bertz CT molecular complexity index is 556. The Balaban J connectivity index is 2.84. The van der Waals surface area contributed by atoms with Gasteiger partial charge < -0.3 is 10.0 Å². The number of halogens is 2. The van der Waals surface area contributed by atoms with Gasteiger partial charge in [0.25, 0.3) is 0 Å². The van der Waals surface area contributed by atoms with Crippen LogP contribution in [0, 0.1) is 5.92 Å². The summed E-state index contributed by atoms with van der Waals surface area (Å²) in [4.78, 5) is 24.2. The molecule has 114 valence electrons. The summed E-state index contributed by atoms with van der Waals surface area (Å²) in [5.41, 5.74) is 0.647. The van der Waals surface area contributed by atoms with Crippen LogP contribution in [0.15, 0.2) is 24.3 Å². The Morgan fingerprint density at radius 3 is 2.52 bits per heavy atom. The second kappa shape index (κ2) is 8.05.